The van der Waals surface area contributed by atoms with Gasteiger partial charge in [-0.25, -0.2) is 69.8 Å². The van der Waals surface area contributed by atoms with Crippen molar-refractivity contribution in [3.8, 4) is 0 Å². The average Bonchev–Trinajstić information content (AvgIpc) is 1.59. The van der Waals surface area contributed by atoms with Crippen LogP contribution in [0.4, 0.5) is 0 Å². The SMILES string of the molecule is BrCc1cc(CBr)cc(CBr)c1.CCCBr.CCCn1cc[n+](Cc2cc(C[n+]3ccn(CCC)c3C)cc(C[n+]3ccn(CCC)c3C)c2)c1C.CCCn1cc[n+](Cc2cc(C[n+]3ccn(CCC)c3C)cc(C[n+]3ccn(CCC)c3C)c2)c1C.CCCn1ccnc1C.CCCn1ccnc1C.Cc1ncc[nH]1.[Br-].[Br-].[Br-].[Br-].[Br-].[Br-].[Br-].[Na+]. The van der Waals surface area contributed by atoms with E-state index in [-0.39, 0.29) is 148 Å². The van der Waals surface area contributed by atoms with E-state index in [1.807, 2.05) is 45.6 Å². The number of imidazole rings is 9. The molecular weight excluding hydrogens is 2240 g/mol. The van der Waals surface area contributed by atoms with Gasteiger partial charge in [-0.3, -0.25) is 0 Å². The van der Waals surface area contributed by atoms with Gasteiger partial charge in [0.2, 0.25) is 0 Å². The van der Waals surface area contributed by atoms with Crippen LogP contribution in [0.15, 0.2) is 166 Å². The van der Waals surface area contributed by atoms with E-state index >= 15 is 0 Å². The molecule has 0 spiro atoms. The van der Waals surface area contributed by atoms with Gasteiger partial charge < -0.3 is 133 Å². The molecule has 120 heavy (non-hydrogen) atoms. The molecule has 12 rings (SSSR count). The number of hydrogen-bond donors (Lipinski definition) is 1. The van der Waals surface area contributed by atoms with Crippen molar-refractivity contribution >= 4 is 63.7 Å². The van der Waals surface area contributed by atoms with Gasteiger partial charge in [0.25, 0.3) is 34.9 Å². The van der Waals surface area contributed by atoms with E-state index in [4.69, 9.17) is 0 Å². The molecule has 0 fully saturated rings. The summed E-state index contributed by atoms with van der Waals surface area (Å²) in [5, 5.41) is 3.91. The topological polar surface area (TPSA) is 117 Å². The molecule has 1 N–H and O–H groups in total. The minimum atomic E-state index is 0. The molecule has 18 nitrogen and oxygen atoms in total. The van der Waals surface area contributed by atoms with Gasteiger partial charge in [0.05, 0.1) is 39.3 Å². The summed E-state index contributed by atoms with van der Waals surface area (Å²) in [5.41, 5.74) is 12.2. The standard InChI is InChI=1S/2C30H45N6.C9H9Br3.2C7H12N2.C4H6N2.C3H7Br.7BrH.Na/c2*1-7-10-31-13-16-34(25(31)4)22-28-19-29(23-35-17-14-32(11-8-2)26(35)5)21-30(20-28)24-36-18-15-33(12-9-3)27(36)6;10-4-7-1-8(5-11)3-9(2-7)6-12;2*1-3-5-9-6-4-8-7(9)2;1-4-5-2-3-6-4;1-2-3-4;;;;;;;;/h2*13-21H,7-12,22-24H2,1-6H3;1-3H,4-6H2;2*4,6H,3,5H2,1-2H3;2-3H,1H3,(H,5,6);2-3H2,1H3;7*1H;/q2*+3;;;;;;;;;;;;;+1/p-7. The maximum atomic E-state index is 4.10. The number of nitrogens with one attached hydrogen (secondary N) is 1. The molecule has 12 aromatic rings. The summed E-state index contributed by atoms with van der Waals surface area (Å²) in [4.78, 5) is 14.9. The number of H-pyrrole nitrogens is 1. The number of hydrogen-bond acceptors (Lipinski definition) is 3. The van der Waals surface area contributed by atoms with E-state index in [0.29, 0.717) is 0 Å². The third kappa shape index (κ3) is 40.0. The van der Waals surface area contributed by atoms with Crippen LogP contribution in [0.5, 0.6) is 0 Å². The Bertz CT molecular complexity index is 4000. The molecule has 0 atom stereocenters. The zero-order valence-electron chi connectivity index (χ0n) is 74.9. The first-order chi connectivity index (χ1) is 54.1. The third-order valence-electron chi connectivity index (χ3n) is 19.9. The minimum absolute atomic E-state index is 0. The molecule has 0 amide bonds. The van der Waals surface area contributed by atoms with Crippen molar-refractivity contribution in [3.63, 3.8) is 0 Å². The minimum Gasteiger partial charge on any atom is -1.00 e. The Kier molecular flexibility index (Phi) is 67.7. The van der Waals surface area contributed by atoms with Gasteiger partial charge in [-0.1, -0.05) is 144 Å². The van der Waals surface area contributed by atoms with Crippen LogP contribution in [0.25, 0.3) is 0 Å². The van der Waals surface area contributed by atoms with Gasteiger partial charge in [0.15, 0.2) is 0 Å². The summed E-state index contributed by atoms with van der Waals surface area (Å²) in [6.45, 7) is 53.2. The second-order valence-electron chi connectivity index (χ2n) is 29.1. The number of aromatic amines is 1. The number of aryl methyl sites for hydroxylation is 11. The molecule has 0 saturated heterocycles. The Morgan fingerprint density at radius 1 is 0.267 bits per heavy atom. The van der Waals surface area contributed by atoms with E-state index in [2.05, 4.69) is 380 Å². The van der Waals surface area contributed by atoms with Gasteiger partial charge in [0.1, 0.15) is 131 Å². The molecular formula is C90H136Br11N18Na. The Balaban J connectivity index is -0.00000150. The number of aromatic nitrogens is 18. The van der Waals surface area contributed by atoms with Crippen molar-refractivity contribution in [2.24, 2.45) is 0 Å². The summed E-state index contributed by atoms with van der Waals surface area (Å²) in [6, 6.07) is 21.0. The van der Waals surface area contributed by atoms with Crippen LogP contribution < -0.4 is 176 Å². The van der Waals surface area contributed by atoms with Crippen LogP contribution in [-0.2, 0) is 108 Å². The molecule has 0 aliphatic rings. The van der Waals surface area contributed by atoms with Crippen LogP contribution in [0.3, 0.4) is 0 Å². The number of rotatable bonds is 32. The average molecular weight is 2370 g/mol. The molecule has 0 aliphatic carbocycles. The predicted octanol–water partition coefficient (Wildman–Crippen LogP) is -5.38. The number of nitrogens with zero attached hydrogens (tertiary/aromatic N) is 17. The Morgan fingerprint density at radius 2 is 0.458 bits per heavy atom. The number of benzene rings is 3. The Labute approximate surface area is 850 Å². The molecule has 0 aliphatic heterocycles. The second kappa shape index (κ2) is 67.1. The van der Waals surface area contributed by atoms with E-state index in [0.717, 1.165) is 169 Å². The molecule has 0 bridgehead atoms. The first-order valence-corrected chi connectivity index (χ1v) is 45.5. The van der Waals surface area contributed by atoms with E-state index < -0.39 is 0 Å². The van der Waals surface area contributed by atoms with Crippen molar-refractivity contribution < 1.29 is 176 Å². The fraction of sp³-hybridized carbons (Fsp3) is 0.500. The van der Waals surface area contributed by atoms with E-state index in [1.165, 1.54) is 104 Å². The van der Waals surface area contributed by atoms with Gasteiger partial charge in [-0.2, -0.15) is 0 Å². The molecule has 9 aromatic heterocycles. The van der Waals surface area contributed by atoms with E-state index in [9.17, 15) is 0 Å². The summed E-state index contributed by atoms with van der Waals surface area (Å²) in [5.74, 6) is 11.1. The first-order valence-electron chi connectivity index (χ1n) is 41.0. The maximum Gasteiger partial charge on any atom is 1.00 e. The fourth-order valence-corrected chi connectivity index (χ4v) is 14.7. The van der Waals surface area contributed by atoms with Gasteiger partial charge >= 0.3 is 29.6 Å². The first kappa shape index (κ1) is 121. The molecule has 30 heteroatoms. The predicted molar refractivity (Wildman–Crippen MR) is 472 cm³/mol. The Morgan fingerprint density at radius 3 is 0.592 bits per heavy atom. The van der Waals surface area contributed by atoms with Crippen LogP contribution in [0.1, 0.15) is 223 Å². The van der Waals surface area contributed by atoms with Crippen molar-refractivity contribution in [2.45, 2.75) is 290 Å². The smallest absolute Gasteiger partial charge is 1.00 e. The summed E-state index contributed by atoms with van der Waals surface area (Å²) < 4.78 is 32.7. The normalized spacial score (nSPS) is 10.1. The van der Waals surface area contributed by atoms with Gasteiger partial charge in [-0.15, -0.1) is 0 Å². The van der Waals surface area contributed by atoms with Crippen LogP contribution in [0.2, 0.25) is 0 Å². The zero-order valence-corrected chi connectivity index (χ0v) is 94.4. The van der Waals surface area contributed by atoms with Crippen molar-refractivity contribution in [1.82, 2.24) is 56.5 Å². The third-order valence-corrected chi connectivity index (χ3v) is 22.6. The molecule has 3 aromatic carbocycles. The van der Waals surface area contributed by atoms with Crippen LogP contribution in [-0.4, -0.2) is 61.8 Å². The molecule has 0 saturated carbocycles. The summed E-state index contributed by atoms with van der Waals surface area (Å²) in [6.07, 6.45) is 48.4. The fourth-order valence-electron chi connectivity index (χ4n) is 13.7. The maximum absolute atomic E-state index is 4.10. The Hall–Kier alpha value is -3.17. The second-order valence-corrected chi connectivity index (χ2v) is 31.5. The summed E-state index contributed by atoms with van der Waals surface area (Å²) >= 11 is 13.6. The van der Waals surface area contributed by atoms with Crippen molar-refractivity contribution in [3.05, 3.63) is 269 Å². The van der Waals surface area contributed by atoms with Gasteiger partial charge in [-0.05, 0) is 165 Å². The van der Waals surface area contributed by atoms with Crippen LogP contribution in [0, 0.1) is 62.3 Å². The summed E-state index contributed by atoms with van der Waals surface area (Å²) in [7, 11) is 0. The van der Waals surface area contributed by atoms with E-state index in [1.54, 1.807) is 12.4 Å². The monoisotopic (exact) mass is 2360 g/mol. The van der Waals surface area contributed by atoms with Crippen molar-refractivity contribution in [1.29, 1.82) is 0 Å². The number of alkyl halides is 4. The largest absolute Gasteiger partial charge is 1.00 e. The zero-order chi connectivity index (χ0) is 81.5. The van der Waals surface area contributed by atoms with Crippen LogP contribution >= 0.6 is 63.7 Å². The number of halogens is 11. The molecule has 664 valence electrons. The molecule has 0 radical (unpaired) electrons. The molecule has 9 heterocycles. The quantitative estimate of drug-likeness (QED) is 0.0258. The molecule has 0 unspecified atom stereocenters. The van der Waals surface area contributed by atoms with Crippen molar-refractivity contribution in [2.75, 3.05) is 5.33 Å². The van der Waals surface area contributed by atoms with Gasteiger partial charge in [0, 0.05) is 113 Å².